The van der Waals surface area contributed by atoms with Crippen LogP contribution in [0.25, 0.3) is 10.9 Å². The molecule has 3 aromatic rings. The molecule has 0 amide bonds. The molecule has 0 N–H and O–H groups in total. The van der Waals surface area contributed by atoms with Crippen molar-refractivity contribution in [1.82, 2.24) is 4.57 Å². The Bertz CT molecular complexity index is 868. The van der Waals surface area contributed by atoms with E-state index in [1.165, 1.54) is 0 Å². The first-order valence-electron chi connectivity index (χ1n) is 6.77. The number of benzene rings is 2. The SMILES string of the molecule is Cc1cccc(C(=O)Cn2ccc3c(C#N)cccc32)c1. The fraction of sp³-hybridized carbons (Fsp3) is 0.111. The van der Waals surface area contributed by atoms with Crippen LogP contribution in [0, 0.1) is 18.3 Å². The number of ketones is 1. The van der Waals surface area contributed by atoms with Crippen molar-refractivity contribution in [3.05, 3.63) is 71.4 Å². The lowest BCUT2D eigenvalue weighted by Gasteiger charge is -2.06. The zero-order chi connectivity index (χ0) is 14.8. The van der Waals surface area contributed by atoms with Crippen molar-refractivity contribution in [3.8, 4) is 6.07 Å². The number of nitriles is 1. The summed E-state index contributed by atoms with van der Waals surface area (Å²) in [5.41, 5.74) is 3.34. The van der Waals surface area contributed by atoms with Crippen LogP contribution in [0.5, 0.6) is 0 Å². The van der Waals surface area contributed by atoms with Gasteiger partial charge in [0.25, 0.3) is 0 Å². The number of hydrogen-bond donors (Lipinski definition) is 0. The lowest BCUT2D eigenvalue weighted by molar-refractivity contribution is 0.0973. The predicted octanol–water partition coefficient (Wildman–Crippen LogP) is 3.70. The van der Waals surface area contributed by atoms with Crippen LogP contribution in [-0.4, -0.2) is 10.4 Å². The lowest BCUT2D eigenvalue weighted by Crippen LogP contribution is -2.09. The minimum absolute atomic E-state index is 0.0681. The second-order valence-electron chi connectivity index (χ2n) is 5.09. The molecule has 1 heterocycles. The Morgan fingerprint density at radius 1 is 1.19 bits per heavy atom. The van der Waals surface area contributed by atoms with E-state index >= 15 is 0 Å². The van der Waals surface area contributed by atoms with Gasteiger partial charge in [-0.3, -0.25) is 4.79 Å². The van der Waals surface area contributed by atoms with Gasteiger partial charge >= 0.3 is 0 Å². The number of carbonyl (C=O) groups excluding carboxylic acids is 1. The predicted molar refractivity (Wildman–Crippen MR) is 82.2 cm³/mol. The smallest absolute Gasteiger partial charge is 0.182 e. The summed E-state index contributed by atoms with van der Waals surface area (Å²) >= 11 is 0. The molecule has 3 rings (SSSR count). The maximum absolute atomic E-state index is 12.4. The van der Waals surface area contributed by atoms with E-state index in [2.05, 4.69) is 6.07 Å². The summed E-state index contributed by atoms with van der Waals surface area (Å²) in [6, 6.07) is 17.2. The third-order valence-electron chi connectivity index (χ3n) is 3.59. The van der Waals surface area contributed by atoms with Gasteiger partial charge in [-0.1, -0.05) is 29.8 Å². The van der Waals surface area contributed by atoms with Crippen molar-refractivity contribution >= 4 is 16.7 Å². The maximum atomic E-state index is 12.4. The van der Waals surface area contributed by atoms with Crippen LogP contribution in [0.3, 0.4) is 0 Å². The topological polar surface area (TPSA) is 45.8 Å². The highest BCUT2D eigenvalue weighted by molar-refractivity contribution is 5.97. The molecule has 0 aliphatic heterocycles. The highest BCUT2D eigenvalue weighted by Crippen LogP contribution is 2.20. The Kier molecular flexibility index (Phi) is 3.29. The lowest BCUT2D eigenvalue weighted by atomic mass is 10.1. The van der Waals surface area contributed by atoms with E-state index in [-0.39, 0.29) is 12.3 Å². The van der Waals surface area contributed by atoms with Gasteiger partial charge in [0.15, 0.2) is 5.78 Å². The molecule has 3 nitrogen and oxygen atoms in total. The highest BCUT2D eigenvalue weighted by Gasteiger charge is 2.10. The minimum atomic E-state index is 0.0681. The Hall–Kier alpha value is -2.86. The van der Waals surface area contributed by atoms with Crippen LogP contribution < -0.4 is 0 Å². The Morgan fingerprint density at radius 2 is 2.00 bits per heavy atom. The molecule has 0 bridgehead atoms. The highest BCUT2D eigenvalue weighted by atomic mass is 16.1. The molecule has 0 saturated heterocycles. The third-order valence-corrected chi connectivity index (χ3v) is 3.59. The first kappa shape index (κ1) is 13.1. The molecule has 1 aromatic heterocycles. The molecule has 0 spiro atoms. The molecule has 0 saturated carbocycles. The summed E-state index contributed by atoms with van der Waals surface area (Å²) in [5, 5.41) is 10.00. The molecule has 21 heavy (non-hydrogen) atoms. The average Bonchev–Trinajstić information content (AvgIpc) is 2.90. The fourth-order valence-electron chi connectivity index (χ4n) is 2.52. The van der Waals surface area contributed by atoms with Gasteiger partial charge in [0.05, 0.1) is 18.2 Å². The van der Waals surface area contributed by atoms with Gasteiger partial charge in [0.1, 0.15) is 0 Å². The second-order valence-corrected chi connectivity index (χ2v) is 5.09. The van der Waals surface area contributed by atoms with Gasteiger partial charge in [-0.15, -0.1) is 0 Å². The van der Waals surface area contributed by atoms with E-state index in [1.54, 1.807) is 6.07 Å². The Balaban J connectivity index is 1.96. The van der Waals surface area contributed by atoms with E-state index in [9.17, 15) is 4.79 Å². The van der Waals surface area contributed by atoms with Crippen molar-refractivity contribution < 1.29 is 4.79 Å². The summed E-state index contributed by atoms with van der Waals surface area (Å²) in [5.74, 6) is 0.0681. The number of aryl methyl sites for hydroxylation is 1. The quantitative estimate of drug-likeness (QED) is 0.683. The number of fused-ring (bicyclic) bond motifs is 1. The molecule has 2 aromatic carbocycles. The van der Waals surface area contributed by atoms with Crippen LogP contribution >= 0.6 is 0 Å². The number of nitrogens with zero attached hydrogens (tertiary/aromatic N) is 2. The van der Waals surface area contributed by atoms with Gasteiger partial charge in [-0.2, -0.15) is 5.26 Å². The molecule has 0 atom stereocenters. The van der Waals surface area contributed by atoms with Crippen molar-refractivity contribution in [3.63, 3.8) is 0 Å². The molecular weight excluding hydrogens is 260 g/mol. The molecule has 102 valence electrons. The summed E-state index contributed by atoms with van der Waals surface area (Å²) in [6.07, 6.45) is 1.86. The summed E-state index contributed by atoms with van der Waals surface area (Å²) in [4.78, 5) is 12.4. The van der Waals surface area contributed by atoms with Crippen molar-refractivity contribution in [2.45, 2.75) is 13.5 Å². The largest absolute Gasteiger partial charge is 0.340 e. The Morgan fingerprint density at radius 3 is 2.76 bits per heavy atom. The van der Waals surface area contributed by atoms with E-state index in [0.29, 0.717) is 11.1 Å². The molecule has 0 radical (unpaired) electrons. The molecule has 0 unspecified atom stereocenters. The monoisotopic (exact) mass is 274 g/mol. The van der Waals surface area contributed by atoms with Crippen LogP contribution in [0.1, 0.15) is 21.5 Å². The summed E-state index contributed by atoms with van der Waals surface area (Å²) in [7, 11) is 0. The zero-order valence-electron chi connectivity index (χ0n) is 11.7. The number of hydrogen-bond acceptors (Lipinski definition) is 2. The van der Waals surface area contributed by atoms with Crippen LogP contribution in [0.4, 0.5) is 0 Å². The fourth-order valence-corrected chi connectivity index (χ4v) is 2.52. The normalized spacial score (nSPS) is 10.5. The van der Waals surface area contributed by atoms with Gasteiger partial charge in [-0.25, -0.2) is 0 Å². The zero-order valence-corrected chi connectivity index (χ0v) is 11.7. The van der Waals surface area contributed by atoms with Crippen LogP contribution in [0.2, 0.25) is 0 Å². The molecule has 0 fully saturated rings. The number of carbonyl (C=O) groups is 1. The molecule has 0 aliphatic rings. The minimum Gasteiger partial charge on any atom is -0.340 e. The average molecular weight is 274 g/mol. The Labute approximate surface area is 123 Å². The van der Waals surface area contributed by atoms with Gasteiger partial charge in [-0.05, 0) is 31.2 Å². The van der Waals surface area contributed by atoms with Crippen molar-refractivity contribution in [2.75, 3.05) is 0 Å². The van der Waals surface area contributed by atoms with Gasteiger partial charge in [0, 0.05) is 22.7 Å². The standard InChI is InChI=1S/C18H14N2O/c1-13-4-2-5-14(10-13)18(21)12-20-9-8-16-15(11-19)6-3-7-17(16)20/h2-10H,12H2,1H3. The number of Topliss-reactive ketones (excluding diaryl/α,β-unsaturated/α-hetero) is 1. The van der Waals surface area contributed by atoms with E-state index < -0.39 is 0 Å². The number of aromatic nitrogens is 1. The summed E-state index contributed by atoms with van der Waals surface area (Å²) in [6.45, 7) is 2.25. The van der Waals surface area contributed by atoms with E-state index in [0.717, 1.165) is 16.5 Å². The van der Waals surface area contributed by atoms with Gasteiger partial charge in [0.2, 0.25) is 0 Å². The van der Waals surface area contributed by atoms with Crippen molar-refractivity contribution in [2.24, 2.45) is 0 Å². The van der Waals surface area contributed by atoms with Gasteiger partial charge < -0.3 is 4.57 Å². The van der Waals surface area contributed by atoms with E-state index in [1.807, 2.05) is 60.2 Å². The third kappa shape index (κ3) is 2.44. The number of rotatable bonds is 3. The molecular formula is C18H14N2O. The second kappa shape index (κ2) is 5.26. The van der Waals surface area contributed by atoms with Crippen LogP contribution in [-0.2, 0) is 6.54 Å². The van der Waals surface area contributed by atoms with E-state index in [4.69, 9.17) is 5.26 Å². The van der Waals surface area contributed by atoms with Crippen LogP contribution in [0.15, 0.2) is 54.7 Å². The molecule has 0 aliphatic carbocycles. The maximum Gasteiger partial charge on any atom is 0.182 e. The molecule has 3 heteroatoms. The summed E-state index contributed by atoms with van der Waals surface area (Å²) < 4.78 is 1.89. The van der Waals surface area contributed by atoms with Crippen molar-refractivity contribution in [1.29, 1.82) is 5.26 Å². The first-order valence-corrected chi connectivity index (χ1v) is 6.77. The first-order chi connectivity index (χ1) is 10.2.